The second-order valence-corrected chi connectivity index (χ2v) is 7.83. The van der Waals surface area contributed by atoms with Crippen LogP contribution in [0, 0.1) is 0 Å². The number of aliphatic imine (C=N–C) groups is 1. The molecule has 0 spiro atoms. The Morgan fingerprint density at radius 1 is 1.24 bits per heavy atom. The van der Waals surface area contributed by atoms with E-state index in [-0.39, 0.29) is 18.6 Å². The highest BCUT2D eigenvalue weighted by atomic mass is 35.5. The molecule has 1 fully saturated rings. The van der Waals surface area contributed by atoms with Crippen LogP contribution in [0.4, 0.5) is 5.69 Å². The summed E-state index contributed by atoms with van der Waals surface area (Å²) in [6, 6.07) is 14.2. The number of carbonyl (C=O) groups is 2. The number of nitrogens with one attached hydrogen (secondary N) is 1. The Labute approximate surface area is 177 Å². The van der Waals surface area contributed by atoms with Gasteiger partial charge in [-0.2, -0.15) is 0 Å². The summed E-state index contributed by atoms with van der Waals surface area (Å²) in [5.74, 6) is -0.0936. The Morgan fingerprint density at radius 2 is 2.00 bits per heavy atom. The molecule has 0 bridgehead atoms. The first-order valence-electron chi connectivity index (χ1n) is 8.86. The molecule has 8 heteroatoms. The maximum Gasteiger partial charge on any atom is 0.344 e. The molecule has 150 valence electrons. The van der Waals surface area contributed by atoms with Crippen molar-refractivity contribution in [2.75, 3.05) is 6.61 Å². The lowest BCUT2D eigenvalue weighted by molar-refractivity contribution is -0.149. The van der Waals surface area contributed by atoms with Gasteiger partial charge in [0, 0.05) is 5.02 Å². The molecule has 1 aliphatic rings. The molecule has 0 aliphatic carbocycles. The molecule has 2 aromatic carbocycles. The van der Waals surface area contributed by atoms with E-state index >= 15 is 0 Å². The number of nitrogens with zero attached hydrogens (tertiary/aromatic N) is 1. The lowest BCUT2D eigenvalue weighted by Crippen LogP contribution is -2.19. The Morgan fingerprint density at radius 3 is 2.69 bits per heavy atom. The van der Waals surface area contributed by atoms with Crippen LogP contribution in [0.5, 0.6) is 5.75 Å². The largest absolute Gasteiger partial charge is 0.482 e. The summed E-state index contributed by atoms with van der Waals surface area (Å²) < 4.78 is 10.4. The number of carbonyl (C=O) groups excluding carboxylic acids is 2. The van der Waals surface area contributed by atoms with Gasteiger partial charge in [-0.05, 0) is 67.6 Å². The molecular weight excluding hydrogens is 412 g/mol. The zero-order chi connectivity index (χ0) is 20.8. The quantitative estimate of drug-likeness (QED) is 0.537. The normalized spacial score (nSPS) is 16.3. The molecule has 0 unspecified atom stereocenters. The van der Waals surface area contributed by atoms with Gasteiger partial charge in [0.25, 0.3) is 5.91 Å². The van der Waals surface area contributed by atoms with Gasteiger partial charge in [-0.1, -0.05) is 29.8 Å². The van der Waals surface area contributed by atoms with Crippen molar-refractivity contribution in [1.82, 2.24) is 5.32 Å². The molecule has 1 aliphatic heterocycles. The highest BCUT2D eigenvalue weighted by molar-refractivity contribution is 8.18. The Balaban J connectivity index is 1.62. The highest BCUT2D eigenvalue weighted by Gasteiger charge is 2.23. The van der Waals surface area contributed by atoms with E-state index in [1.807, 2.05) is 6.07 Å². The van der Waals surface area contributed by atoms with E-state index in [9.17, 15) is 9.59 Å². The molecule has 6 nitrogen and oxygen atoms in total. The van der Waals surface area contributed by atoms with E-state index in [4.69, 9.17) is 21.1 Å². The average Bonchev–Trinajstić information content (AvgIpc) is 2.99. The van der Waals surface area contributed by atoms with Gasteiger partial charge in [0.15, 0.2) is 11.8 Å². The summed E-state index contributed by atoms with van der Waals surface area (Å²) in [5.41, 5.74) is 1.49. The first kappa shape index (κ1) is 21.0. The van der Waals surface area contributed by atoms with E-state index in [1.165, 1.54) is 11.8 Å². The van der Waals surface area contributed by atoms with Crippen molar-refractivity contribution in [3.63, 3.8) is 0 Å². The molecule has 1 heterocycles. The summed E-state index contributed by atoms with van der Waals surface area (Å²) in [6.07, 6.45) is 1.58. The minimum atomic E-state index is -0.420. The lowest BCUT2D eigenvalue weighted by Gasteiger charge is -2.09. The minimum Gasteiger partial charge on any atom is -0.482 e. The topological polar surface area (TPSA) is 77.0 Å². The second kappa shape index (κ2) is 9.62. The zero-order valence-corrected chi connectivity index (χ0v) is 17.4. The van der Waals surface area contributed by atoms with Crippen molar-refractivity contribution >= 4 is 52.2 Å². The van der Waals surface area contributed by atoms with Crippen LogP contribution in [0.25, 0.3) is 6.08 Å². The van der Waals surface area contributed by atoms with E-state index in [0.29, 0.717) is 26.5 Å². The summed E-state index contributed by atoms with van der Waals surface area (Å²) in [7, 11) is 0. The van der Waals surface area contributed by atoms with E-state index < -0.39 is 5.97 Å². The second-order valence-electron chi connectivity index (χ2n) is 6.36. The van der Waals surface area contributed by atoms with Crippen molar-refractivity contribution in [3.05, 3.63) is 64.0 Å². The maximum absolute atomic E-state index is 12.2. The van der Waals surface area contributed by atoms with Crippen molar-refractivity contribution in [2.45, 2.75) is 20.0 Å². The van der Waals surface area contributed by atoms with E-state index in [0.717, 1.165) is 5.56 Å². The summed E-state index contributed by atoms with van der Waals surface area (Å²) in [6.45, 7) is 3.41. The first-order chi connectivity index (χ1) is 13.9. The zero-order valence-electron chi connectivity index (χ0n) is 15.8. The van der Waals surface area contributed by atoms with E-state index in [2.05, 4.69) is 10.3 Å². The van der Waals surface area contributed by atoms with Crippen LogP contribution in [0.15, 0.2) is 58.4 Å². The fourth-order valence-corrected chi connectivity index (χ4v) is 3.42. The molecule has 29 heavy (non-hydrogen) atoms. The van der Waals surface area contributed by atoms with Gasteiger partial charge >= 0.3 is 5.97 Å². The molecule has 2 aromatic rings. The highest BCUT2D eigenvalue weighted by Crippen LogP contribution is 2.29. The number of amides is 1. The number of ether oxygens (including phenoxy) is 2. The van der Waals surface area contributed by atoms with Crippen molar-refractivity contribution < 1.29 is 19.1 Å². The first-order valence-corrected chi connectivity index (χ1v) is 10.1. The SMILES string of the molecule is CC(C)OC(=O)COc1ccc(/C=C2\SC(=Nc3cccc(Cl)c3)NC2=O)cc1. The summed E-state index contributed by atoms with van der Waals surface area (Å²) >= 11 is 7.21. The smallest absolute Gasteiger partial charge is 0.344 e. The van der Waals surface area contributed by atoms with Crippen LogP contribution >= 0.6 is 23.4 Å². The standard InChI is InChI=1S/C21H19ClN2O4S/c1-13(2)28-19(25)12-27-17-8-6-14(7-9-17)10-18-20(26)24-21(29-18)23-16-5-3-4-15(22)11-16/h3-11,13H,12H2,1-2H3,(H,23,24,26)/b18-10-. The van der Waals surface area contributed by atoms with Gasteiger partial charge < -0.3 is 14.8 Å². The fourth-order valence-electron chi connectivity index (χ4n) is 2.39. The van der Waals surface area contributed by atoms with Gasteiger partial charge in [-0.15, -0.1) is 0 Å². The predicted octanol–water partition coefficient (Wildman–Crippen LogP) is 4.56. The van der Waals surface area contributed by atoms with Gasteiger partial charge in [0.1, 0.15) is 5.75 Å². The summed E-state index contributed by atoms with van der Waals surface area (Å²) in [4.78, 5) is 28.6. The molecule has 0 aromatic heterocycles. The monoisotopic (exact) mass is 430 g/mol. The third-order valence-electron chi connectivity index (χ3n) is 3.59. The molecule has 0 saturated carbocycles. The third-order valence-corrected chi connectivity index (χ3v) is 4.74. The van der Waals surface area contributed by atoms with Crippen LogP contribution in [-0.2, 0) is 14.3 Å². The van der Waals surface area contributed by atoms with E-state index in [1.54, 1.807) is 62.4 Å². The summed E-state index contributed by atoms with van der Waals surface area (Å²) in [5, 5.41) is 3.81. The number of thioether (sulfide) groups is 1. The number of hydrogen-bond acceptors (Lipinski definition) is 6. The number of rotatable bonds is 6. The number of halogens is 1. The van der Waals surface area contributed by atoms with Gasteiger partial charge in [0.05, 0.1) is 16.7 Å². The van der Waals surface area contributed by atoms with Crippen molar-refractivity contribution in [2.24, 2.45) is 4.99 Å². The van der Waals surface area contributed by atoms with Crippen LogP contribution in [-0.4, -0.2) is 29.8 Å². The minimum absolute atomic E-state index is 0.153. The Kier molecular flexibility index (Phi) is 6.95. The molecule has 1 N–H and O–H groups in total. The predicted molar refractivity (Wildman–Crippen MR) is 115 cm³/mol. The van der Waals surface area contributed by atoms with Crippen molar-refractivity contribution in [3.8, 4) is 5.75 Å². The third kappa shape index (κ3) is 6.37. The van der Waals surface area contributed by atoms with Crippen LogP contribution in [0.3, 0.4) is 0 Å². The van der Waals surface area contributed by atoms with Gasteiger partial charge in [-0.3, -0.25) is 4.79 Å². The number of hydrogen-bond donors (Lipinski definition) is 1. The number of esters is 1. The number of amidine groups is 1. The molecule has 0 atom stereocenters. The molecule has 1 saturated heterocycles. The Bertz CT molecular complexity index is 971. The van der Waals surface area contributed by atoms with Gasteiger partial charge in [-0.25, -0.2) is 9.79 Å². The van der Waals surface area contributed by atoms with Crippen molar-refractivity contribution in [1.29, 1.82) is 0 Å². The van der Waals surface area contributed by atoms with Gasteiger partial charge in [0.2, 0.25) is 0 Å². The lowest BCUT2D eigenvalue weighted by atomic mass is 10.2. The maximum atomic E-state index is 12.2. The Hall–Kier alpha value is -2.77. The van der Waals surface area contributed by atoms with Crippen LogP contribution in [0.1, 0.15) is 19.4 Å². The average molecular weight is 431 g/mol. The molecular formula is C21H19ClN2O4S. The fraction of sp³-hybridized carbons (Fsp3) is 0.190. The number of benzene rings is 2. The van der Waals surface area contributed by atoms with Crippen LogP contribution in [0.2, 0.25) is 5.02 Å². The van der Waals surface area contributed by atoms with Crippen LogP contribution < -0.4 is 10.1 Å². The molecule has 3 rings (SSSR count). The molecule has 0 radical (unpaired) electrons. The molecule has 1 amide bonds.